The number of hydrogen-bond donors (Lipinski definition) is 1. The van der Waals surface area contributed by atoms with Crippen LogP contribution in [0.4, 0.5) is 4.79 Å². The second kappa shape index (κ2) is 11.6. The van der Waals surface area contributed by atoms with Crippen LogP contribution in [0.15, 0.2) is 50.2 Å². The van der Waals surface area contributed by atoms with Gasteiger partial charge in [0.05, 0.1) is 32.6 Å². The van der Waals surface area contributed by atoms with E-state index in [1.807, 2.05) is 0 Å². The van der Waals surface area contributed by atoms with E-state index in [9.17, 15) is 19.2 Å². The number of benzene rings is 2. The first-order chi connectivity index (χ1) is 17.2. The summed E-state index contributed by atoms with van der Waals surface area (Å²) in [6.45, 7) is 1.67. The van der Waals surface area contributed by atoms with E-state index in [2.05, 4.69) is 31.9 Å². The van der Waals surface area contributed by atoms with E-state index < -0.39 is 17.1 Å². The van der Waals surface area contributed by atoms with Gasteiger partial charge in [0.15, 0.2) is 0 Å². The number of hydrogen-bond acceptors (Lipinski definition) is 7. The van der Waals surface area contributed by atoms with Crippen LogP contribution >= 0.6 is 43.6 Å². The molecule has 2 aliphatic rings. The monoisotopic (exact) mass is 638 g/mol. The molecule has 2 aromatic rings. The number of amides is 3. The van der Waals surface area contributed by atoms with Crippen molar-refractivity contribution in [3.05, 3.63) is 66.9 Å². The summed E-state index contributed by atoms with van der Waals surface area (Å²) in [5.41, 5.74) is 1.64. The Hall–Kier alpha value is -2.67. The number of halogens is 2. The van der Waals surface area contributed by atoms with Crippen molar-refractivity contribution in [2.75, 3.05) is 32.8 Å². The Morgan fingerprint density at radius 3 is 2.33 bits per heavy atom. The molecule has 2 heterocycles. The highest BCUT2D eigenvalue weighted by Gasteiger charge is 2.37. The van der Waals surface area contributed by atoms with E-state index >= 15 is 0 Å². The largest absolute Gasteiger partial charge is 0.487 e. The maximum atomic E-state index is 12.8. The Bertz CT molecular complexity index is 1220. The summed E-state index contributed by atoms with van der Waals surface area (Å²) in [4.78, 5) is 51.5. The molecule has 0 bridgehead atoms. The number of carboxylic acid groups (broad SMARTS) is 1. The normalized spacial score (nSPS) is 17.1. The molecule has 2 fully saturated rings. The van der Waals surface area contributed by atoms with Gasteiger partial charge in [-0.3, -0.25) is 19.3 Å². The van der Waals surface area contributed by atoms with Gasteiger partial charge in [-0.05, 0) is 85.1 Å². The van der Waals surface area contributed by atoms with Crippen LogP contribution in [0, 0.1) is 0 Å². The third-order valence-electron chi connectivity index (χ3n) is 5.43. The molecule has 188 valence electrons. The fourth-order valence-electron chi connectivity index (χ4n) is 3.54. The van der Waals surface area contributed by atoms with Gasteiger partial charge >= 0.3 is 5.97 Å². The topological polar surface area (TPSA) is 113 Å². The standard InChI is InChI=1S/C24H20Br2N2O7S/c25-17-9-15(10-18(26)21(17)35-13-14-1-3-16(4-2-14)23(31)32)11-19-22(30)28(24(33)36-19)12-20(29)27-5-7-34-8-6-27/h1-4,9-11H,5-8,12-13H2,(H,31,32)/b19-11+. The zero-order chi connectivity index (χ0) is 25.8. The lowest BCUT2D eigenvalue weighted by Gasteiger charge is -2.28. The van der Waals surface area contributed by atoms with Gasteiger partial charge in [0.25, 0.3) is 11.1 Å². The van der Waals surface area contributed by atoms with Crippen LogP contribution in [0.3, 0.4) is 0 Å². The minimum atomic E-state index is -0.995. The molecule has 2 aliphatic heterocycles. The fourth-order valence-corrected chi connectivity index (χ4v) is 5.82. The molecule has 0 atom stereocenters. The van der Waals surface area contributed by atoms with Gasteiger partial charge in [-0.25, -0.2) is 4.79 Å². The van der Waals surface area contributed by atoms with E-state index in [4.69, 9.17) is 14.6 Å². The van der Waals surface area contributed by atoms with Crippen molar-refractivity contribution in [2.24, 2.45) is 0 Å². The number of carbonyl (C=O) groups is 4. The number of imide groups is 1. The molecular formula is C24H20Br2N2O7S. The molecule has 4 rings (SSSR count). The number of rotatable bonds is 7. The predicted molar refractivity (Wildman–Crippen MR) is 140 cm³/mol. The second-order valence-electron chi connectivity index (χ2n) is 7.87. The van der Waals surface area contributed by atoms with Gasteiger partial charge in [0.2, 0.25) is 5.91 Å². The van der Waals surface area contributed by atoms with Crippen molar-refractivity contribution in [3.63, 3.8) is 0 Å². The van der Waals surface area contributed by atoms with Crippen LogP contribution in [0.1, 0.15) is 21.5 Å². The molecule has 0 radical (unpaired) electrons. The van der Waals surface area contributed by atoms with Crippen LogP contribution in [0.25, 0.3) is 6.08 Å². The lowest BCUT2D eigenvalue weighted by atomic mass is 10.1. The first-order valence-electron chi connectivity index (χ1n) is 10.8. The summed E-state index contributed by atoms with van der Waals surface area (Å²) >= 11 is 7.74. The first-order valence-corrected chi connectivity index (χ1v) is 13.2. The summed E-state index contributed by atoms with van der Waals surface area (Å²) in [6.07, 6.45) is 1.59. The third-order valence-corrected chi connectivity index (χ3v) is 7.52. The Morgan fingerprint density at radius 1 is 1.08 bits per heavy atom. The zero-order valence-corrected chi connectivity index (χ0v) is 22.7. The minimum Gasteiger partial charge on any atom is -0.487 e. The van der Waals surface area contributed by atoms with Gasteiger partial charge in [-0.1, -0.05) is 12.1 Å². The molecule has 0 unspecified atom stereocenters. The second-order valence-corrected chi connectivity index (χ2v) is 10.6. The molecular weight excluding hydrogens is 620 g/mol. The van der Waals surface area contributed by atoms with Crippen molar-refractivity contribution in [1.29, 1.82) is 0 Å². The van der Waals surface area contributed by atoms with Gasteiger partial charge in [0.1, 0.15) is 18.9 Å². The molecule has 9 nitrogen and oxygen atoms in total. The number of carboxylic acids is 1. The quantitative estimate of drug-likeness (QED) is 0.444. The van der Waals surface area contributed by atoms with Crippen molar-refractivity contribution >= 4 is 72.7 Å². The summed E-state index contributed by atoms with van der Waals surface area (Å²) < 4.78 is 12.4. The van der Waals surface area contributed by atoms with E-state index in [-0.39, 0.29) is 29.5 Å². The van der Waals surface area contributed by atoms with E-state index in [0.717, 1.165) is 22.2 Å². The maximum absolute atomic E-state index is 12.8. The molecule has 1 N–H and O–H groups in total. The van der Waals surface area contributed by atoms with Crippen LogP contribution in [-0.2, 0) is 20.9 Å². The van der Waals surface area contributed by atoms with E-state index in [1.165, 1.54) is 12.1 Å². The first kappa shape index (κ1) is 26.4. The van der Waals surface area contributed by atoms with Gasteiger partial charge in [-0.15, -0.1) is 0 Å². The zero-order valence-electron chi connectivity index (χ0n) is 18.7. The van der Waals surface area contributed by atoms with Crippen molar-refractivity contribution in [3.8, 4) is 5.75 Å². The molecule has 0 spiro atoms. The maximum Gasteiger partial charge on any atom is 0.335 e. The summed E-state index contributed by atoms with van der Waals surface area (Å²) in [5, 5.41) is 8.52. The predicted octanol–water partition coefficient (Wildman–Crippen LogP) is 4.38. The SMILES string of the molecule is O=C(O)c1ccc(COc2c(Br)cc(/C=C3/SC(=O)N(CC(=O)N4CCOCC4)C3=O)cc2Br)cc1. The molecule has 12 heteroatoms. The molecule has 0 aliphatic carbocycles. The molecule has 2 aromatic carbocycles. The van der Waals surface area contributed by atoms with E-state index in [1.54, 1.807) is 35.2 Å². The number of aromatic carboxylic acids is 1. The smallest absolute Gasteiger partial charge is 0.335 e. The number of morpholine rings is 1. The lowest BCUT2D eigenvalue weighted by molar-refractivity contribution is -0.139. The molecule has 2 saturated heterocycles. The Morgan fingerprint density at radius 2 is 1.72 bits per heavy atom. The van der Waals surface area contributed by atoms with Crippen molar-refractivity contribution in [2.45, 2.75) is 6.61 Å². The summed E-state index contributed by atoms with van der Waals surface area (Å²) in [6, 6.07) is 9.88. The van der Waals surface area contributed by atoms with Gasteiger partial charge in [-0.2, -0.15) is 0 Å². The van der Waals surface area contributed by atoms with Crippen LogP contribution in [0.5, 0.6) is 5.75 Å². The Labute approximate surface area is 227 Å². The minimum absolute atomic E-state index is 0.195. The van der Waals surface area contributed by atoms with Crippen molar-refractivity contribution < 1.29 is 33.8 Å². The van der Waals surface area contributed by atoms with Crippen LogP contribution in [0.2, 0.25) is 0 Å². The van der Waals surface area contributed by atoms with Crippen LogP contribution < -0.4 is 4.74 Å². The number of nitrogens with zero attached hydrogens (tertiary/aromatic N) is 2. The van der Waals surface area contributed by atoms with Crippen molar-refractivity contribution in [1.82, 2.24) is 9.80 Å². The van der Waals surface area contributed by atoms with E-state index in [0.29, 0.717) is 46.6 Å². The summed E-state index contributed by atoms with van der Waals surface area (Å²) in [7, 11) is 0. The highest BCUT2D eigenvalue weighted by atomic mass is 79.9. The summed E-state index contributed by atoms with van der Waals surface area (Å²) in [5.74, 6) is -1.26. The fraction of sp³-hybridized carbons (Fsp3) is 0.250. The number of carbonyl (C=O) groups excluding carboxylic acids is 3. The number of ether oxygens (including phenoxy) is 2. The average Bonchev–Trinajstić information content (AvgIpc) is 3.11. The van der Waals surface area contributed by atoms with Gasteiger partial charge in [0, 0.05) is 13.1 Å². The molecule has 3 amide bonds. The van der Waals surface area contributed by atoms with Crippen LogP contribution in [-0.4, -0.2) is 70.8 Å². The Kier molecular flexibility index (Phi) is 8.50. The molecule has 0 aromatic heterocycles. The molecule has 0 saturated carbocycles. The number of thioether (sulfide) groups is 1. The lowest BCUT2D eigenvalue weighted by Crippen LogP contribution is -2.46. The molecule has 36 heavy (non-hydrogen) atoms. The average molecular weight is 640 g/mol. The third kappa shape index (κ3) is 6.17. The highest BCUT2D eigenvalue weighted by molar-refractivity contribution is 9.11. The highest BCUT2D eigenvalue weighted by Crippen LogP contribution is 2.38. The van der Waals surface area contributed by atoms with Gasteiger partial charge < -0.3 is 19.5 Å². The Balaban J connectivity index is 1.43.